The highest BCUT2D eigenvalue weighted by atomic mass is 35.5. The lowest BCUT2D eigenvalue weighted by Crippen LogP contribution is -2.19. The Bertz CT molecular complexity index is 1490. The molecule has 0 saturated heterocycles. The third-order valence-corrected chi connectivity index (χ3v) is 5.06. The molecule has 0 bridgehead atoms. The zero-order valence-electron chi connectivity index (χ0n) is 14.5. The number of imidazole rings is 1. The van der Waals surface area contributed by atoms with Crippen molar-refractivity contribution in [2.75, 3.05) is 0 Å². The third-order valence-electron chi connectivity index (χ3n) is 4.73. The van der Waals surface area contributed by atoms with Crippen LogP contribution in [0.1, 0.15) is 5.56 Å². The van der Waals surface area contributed by atoms with Crippen LogP contribution in [0.4, 0.5) is 13.2 Å². The molecule has 0 aliphatic carbocycles. The van der Waals surface area contributed by atoms with Crippen molar-refractivity contribution in [3.8, 4) is 5.69 Å². The van der Waals surface area contributed by atoms with Gasteiger partial charge < -0.3 is 0 Å². The van der Waals surface area contributed by atoms with Crippen LogP contribution in [0.25, 0.3) is 33.4 Å². The standard InChI is InChI=1S/C20H10ClF3N4O/c21-14-6-5-11(9-13(14)20(22,23)24)27-8-7-16-12(18(27)29)10-25-19-26-15-3-1-2-4-17(15)28(16)19/h1-10H. The lowest BCUT2D eigenvalue weighted by molar-refractivity contribution is -0.137. The molecule has 144 valence electrons. The highest BCUT2D eigenvalue weighted by Crippen LogP contribution is 2.35. The molecule has 3 aromatic heterocycles. The van der Waals surface area contributed by atoms with Crippen LogP contribution in [0.5, 0.6) is 0 Å². The van der Waals surface area contributed by atoms with Crippen LogP contribution in [-0.4, -0.2) is 18.9 Å². The number of benzene rings is 2. The third kappa shape index (κ3) is 2.67. The van der Waals surface area contributed by atoms with Gasteiger partial charge >= 0.3 is 6.18 Å². The molecule has 0 aliphatic heterocycles. The molecule has 2 aromatic carbocycles. The summed E-state index contributed by atoms with van der Waals surface area (Å²) in [5, 5.41) is -0.171. The van der Waals surface area contributed by atoms with E-state index < -0.39 is 22.3 Å². The number of para-hydroxylation sites is 2. The predicted octanol–water partition coefficient (Wildman–Crippen LogP) is 4.86. The van der Waals surface area contributed by atoms with Gasteiger partial charge in [0.15, 0.2) is 0 Å². The van der Waals surface area contributed by atoms with Crippen LogP contribution in [0, 0.1) is 0 Å². The minimum Gasteiger partial charge on any atom is -0.284 e. The average molecular weight is 415 g/mol. The maximum absolute atomic E-state index is 13.2. The summed E-state index contributed by atoms with van der Waals surface area (Å²) in [4.78, 5) is 21.7. The van der Waals surface area contributed by atoms with E-state index in [1.807, 2.05) is 24.3 Å². The number of rotatable bonds is 1. The number of nitrogens with zero attached hydrogens (tertiary/aromatic N) is 4. The molecule has 3 heterocycles. The summed E-state index contributed by atoms with van der Waals surface area (Å²) in [6.45, 7) is 0. The fourth-order valence-electron chi connectivity index (χ4n) is 3.40. The van der Waals surface area contributed by atoms with Crippen molar-refractivity contribution in [1.29, 1.82) is 0 Å². The molecule has 0 atom stereocenters. The number of alkyl halides is 3. The Kier molecular flexibility index (Phi) is 3.69. The van der Waals surface area contributed by atoms with E-state index in [1.54, 1.807) is 10.5 Å². The lowest BCUT2D eigenvalue weighted by atomic mass is 10.2. The SMILES string of the molecule is O=c1c2cnc3nc4ccccc4n3c2ccn1-c1ccc(Cl)c(C(F)(F)F)c1. The second-order valence-electron chi connectivity index (χ2n) is 6.45. The number of fused-ring (bicyclic) bond motifs is 5. The van der Waals surface area contributed by atoms with Crippen molar-refractivity contribution in [3.63, 3.8) is 0 Å². The summed E-state index contributed by atoms with van der Waals surface area (Å²) < 4.78 is 42.5. The van der Waals surface area contributed by atoms with Crippen molar-refractivity contribution in [3.05, 3.63) is 81.9 Å². The molecule has 5 aromatic rings. The molecule has 0 N–H and O–H groups in total. The highest BCUT2D eigenvalue weighted by molar-refractivity contribution is 6.31. The number of pyridine rings is 1. The van der Waals surface area contributed by atoms with E-state index in [4.69, 9.17) is 11.6 Å². The van der Waals surface area contributed by atoms with Crippen LogP contribution in [0.3, 0.4) is 0 Å². The predicted molar refractivity (Wildman–Crippen MR) is 104 cm³/mol. The van der Waals surface area contributed by atoms with Crippen LogP contribution in [0.2, 0.25) is 5.02 Å². The topological polar surface area (TPSA) is 52.2 Å². The molecule has 0 aliphatic rings. The van der Waals surface area contributed by atoms with Crippen LogP contribution in [-0.2, 0) is 6.18 Å². The van der Waals surface area contributed by atoms with Crippen LogP contribution in [0.15, 0.2) is 65.7 Å². The van der Waals surface area contributed by atoms with E-state index in [9.17, 15) is 18.0 Å². The zero-order valence-corrected chi connectivity index (χ0v) is 15.2. The van der Waals surface area contributed by atoms with Crippen molar-refractivity contribution in [2.45, 2.75) is 6.18 Å². The second kappa shape index (κ2) is 6.05. The number of hydrogen-bond acceptors (Lipinski definition) is 3. The van der Waals surface area contributed by atoms with Crippen molar-refractivity contribution >= 4 is 39.3 Å². The first-order valence-electron chi connectivity index (χ1n) is 8.49. The van der Waals surface area contributed by atoms with Crippen molar-refractivity contribution in [1.82, 2.24) is 18.9 Å². The molecular formula is C20H10ClF3N4O. The van der Waals surface area contributed by atoms with E-state index in [2.05, 4.69) is 9.97 Å². The van der Waals surface area contributed by atoms with Crippen molar-refractivity contribution < 1.29 is 13.2 Å². The van der Waals surface area contributed by atoms with Gasteiger partial charge in [0, 0.05) is 18.1 Å². The highest BCUT2D eigenvalue weighted by Gasteiger charge is 2.33. The monoisotopic (exact) mass is 414 g/mol. The largest absolute Gasteiger partial charge is 0.417 e. The van der Waals surface area contributed by atoms with Gasteiger partial charge in [-0.1, -0.05) is 23.7 Å². The fourth-order valence-corrected chi connectivity index (χ4v) is 3.63. The van der Waals surface area contributed by atoms with Gasteiger partial charge in [-0.05, 0) is 36.4 Å². The first-order valence-corrected chi connectivity index (χ1v) is 8.87. The van der Waals surface area contributed by atoms with Gasteiger partial charge in [0.25, 0.3) is 5.56 Å². The minimum absolute atomic E-state index is 0.0595. The first kappa shape index (κ1) is 17.7. The van der Waals surface area contributed by atoms with Crippen molar-refractivity contribution in [2.24, 2.45) is 0 Å². The maximum atomic E-state index is 13.2. The maximum Gasteiger partial charge on any atom is 0.417 e. The molecule has 5 nitrogen and oxygen atoms in total. The first-order chi connectivity index (χ1) is 13.8. The van der Waals surface area contributed by atoms with Gasteiger partial charge in [0.1, 0.15) is 0 Å². The molecule has 0 radical (unpaired) electrons. The van der Waals surface area contributed by atoms with Gasteiger partial charge in [0.2, 0.25) is 5.78 Å². The quantitative estimate of drug-likeness (QED) is 0.393. The van der Waals surface area contributed by atoms with E-state index >= 15 is 0 Å². The Morgan fingerprint density at radius 1 is 1.00 bits per heavy atom. The second-order valence-corrected chi connectivity index (χ2v) is 6.85. The lowest BCUT2D eigenvalue weighted by Gasteiger charge is -2.13. The Morgan fingerprint density at radius 3 is 2.59 bits per heavy atom. The van der Waals surface area contributed by atoms with E-state index in [-0.39, 0.29) is 11.1 Å². The molecule has 0 amide bonds. The number of hydrogen-bond donors (Lipinski definition) is 0. The molecule has 0 unspecified atom stereocenters. The van der Waals surface area contributed by atoms with E-state index in [0.717, 1.165) is 27.7 Å². The number of aromatic nitrogens is 4. The van der Waals surface area contributed by atoms with E-state index in [1.165, 1.54) is 18.5 Å². The van der Waals surface area contributed by atoms with E-state index in [0.29, 0.717) is 11.3 Å². The molecule has 0 saturated carbocycles. The van der Waals surface area contributed by atoms with Gasteiger partial charge in [0.05, 0.1) is 32.5 Å². The van der Waals surface area contributed by atoms with Gasteiger partial charge in [-0.3, -0.25) is 13.8 Å². The Balaban J connectivity index is 1.80. The molecule has 0 spiro atoms. The Hall–Kier alpha value is -3.39. The molecule has 5 rings (SSSR count). The summed E-state index contributed by atoms with van der Waals surface area (Å²) in [5.74, 6) is 0.432. The fraction of sp³-hybridized carbons (Fsp3) is 0.0500. The summed E-state index contributed by atoms with van der Waals surface area (Å²) >= 11 is 5.68. The summed E-state index contributed by atoms with van der Waals surface area (Å²) in [6.07, 6.45) is -1.81. The molecule has 29 heavy (non-hydrogen) atoms. The molecule has 0 fully saturated rings. The summed E-state index contributed by atoms with van der Waals surface area (Å²) in [5.41, 5.74) is 0.634. The normalized spacial score (nSPS) is 12.3. The van der Waals surface area contributed by atoms with Crippen LogP contribution >= 0.6 is 11.6 Å². The Morgan fingerprint density at radius 2 is 1.79 bits per heavy atom. The molecule has 9 heteroatoms. The zero-order chi connectivity index (χ0) is 20.3. The van der Waals surface area contributed by atoms with Gasteiger partial charge in [-0.25, -0.2) is 9.97 Å². The van der Waals surface area contributed by atoms with Gasteiger partial charge in [-0.15, -0.1) is 0 Å². The van der Waals surface area contributed by atoms with Crippen LogP contribution < -0.4 is 5.56 Å². The molecular weight excluding hydrogens is 405 g/mol. The summed E-state index contributed by atoms with van der Waals surface area (Å²) in [6, 6.07) is 12.4. The summed E-state index contributed by atoms with van der Waals surface area (Å²) in [7, 11) is 0. The average Bonchev–Trinajstić information content (AvgIpc) is 3.07. The minimum atomic E-state index is -4.63. The Labute approximate surface area is 165 Å². The van der Waals surface area contributed by atoms with Gasteiger partial charge in [-0.2, -0.15) is 13.2 Å². The smallest absolute Gasteiger partial charge is 0.284 e. The number of halogens is 4.